The molecule has 0 N–H and O–H groups in total. The Balaban J connectivity index is 1.61. The number of hydrogen-bond acceptors (Lipinski definition) is 5. The third-order valence-electron chi connectivity index (χ3n) is 3.83. The van der Waals surface area contributed by atoms with E-state index in [4.69, 9.17) is 4.42 Å². The van der Waals surface area contributed by atoms with E-state index in [0.29, 0.717) is 5.89 Å². The molecular weight excluding hydrogens is 302 g/mol. The van der Waals surface area contributed by atoms with Gasteiger partial charge in [-0.05, 0) is 24.3 Å². The van der Waals surface area contributed by atoms with Crippen LogP contribution in [0.1, 0.15) is 32.1 Å². The smallest absolute Gasteiger partial charge is 0.387 e. The van der Waals surface area contributed by atoms with E-state index in [-0.39, 0.29) is 18.9 Å². The predicted octanol–water partition coefficient (Wildman–Crippen LogP) is 2.36. The van der Waals surface area contributed by atoms with Crippen LogP contribution in [0, 0.1) is 0 Å². The van der Waals surface area contributed by atoms with Gasteiger partial charge >= 0.3 is 5.76 Å². The molecule has 2 aromatic heterocycles. The fraction of sp³-hybridized carbons (Fsp3) is 0.533. The van der Waals surface area contributed by atoms with Crippen molar-refractivity contribution in [2.75, 3.05) is 13.1 Å². The maximum atomic E-state index is 12.2. The van der Waals surface area contributed by atoms with E-state index in [2.05, 4.69) is 5.10 Å². The van der Waals surface area contributed by atoms with Crippen molar-refractivity contribution in [1.29, 1.82) is 0 Å². The van der Waals surface area contributed by atoms with Gasteiger partial charge in [-0.15, -0.1) is 16.4 Å². The van der Waals surface area contributed by atoms with Gasteiger partial charge in [-0.2, -0.15) is 4.68 Å². The lowest BCUT2D eigenvalue weighted by atomic mass is 10.2. The average Bonchev–Trinajstić information content (AvgIpc) is 3.08. The summed E-state index contributed by atoms with van der Waals surface area (Å²) in [5.41, 5.74) is 0. The zero-order valence-corrected chi connectivity index (χ0v) is 13.2. The Morgan fingerprint density at radius 1 is 1.27 bits per heavy atom. The van der Waals surface area contributed by atoms with E-state index in [1.54, 1.807) is 0 Å². The van der Waals surface area contributed by atoms with Gasteiger partial charge in [0.15, 0.2) is 0 Å². The molecule has 3 heterocycles. The first-order valence-corrected chi connectivity index (χ1v) is 8.51. The van der Waals surface area contributed by atoms with Crippen LogP contribution >= 0.6 is 11.3 Å². The van der Waals surface area contributed by atoms with Crippen LogP contribution in [0.25, 0.3) is 10.8 Å². The Morgan fingerprint density at radius 2 is 2.05 bits per heavy atom. The van der Waals surface area contributed by atoms with Crippen molar-refractivity contribution in [2.45, 2.75) is 38.6 Å². The number of carbonyl (C=O) groups is 1. The summed E-state index contributed by atoms with van der Waals surface area (Å²) in [5, 5.41) is 6.07. The molecule has 0 unspecified atom stereocenters. The summed E-state index contributed by atoms with van der Waals surface area (Å²) < 4.78 is 6.38. The van der Waals surface area contributed by atoms with Crippen LogP contribution in [0.15, 0.2) is 26.7 Å². The highest BCUT2D eigenvalue weighted by Crippen LogP contribution is 2.21. The molecule has 0 bridgehead atoms. The molecule has 1 amide bonds. The first-order chi connectivity index (χ1) is 10.7. The number of likely N-dealkylation sites (tertiary alicyclic amines) is 1. The minimum absolute atomic E-state index is 0.0921. The zero-order valence-electron chi connectivity index (χ0n) is 12.4. The van der Waals surface area contributed by atoms with Crippen LogP contribution in [0.2, 0.25) is 0 Å². The van der Waals surface area contributed by atoms with Crippen LogP contribution in [0.4, 0.5) is 0 Å². The Bertz CT molecular complexity index is 667. The van der Waals surface area contributed by atoms with E-state index in [9.17, 15) is 9.59 Å². The fourth-order valence-electron chi connectivity index (χ4n) is 2.63. The molecule has 1 fully saturated rings. The van der Waals surface area contributed by atoms with Gasteiger partial charge in [-0.25, -0.2) is 4.79 Å². The highest BCUT2D eigenvalue weighted by molar-refractivity contribution is 7.13. The molecule has 118 valence electrons. The number of thiophene rings is 1. The van der Waals surface area contributed by atoms with Crippen molar-refractivity contribution in [3.63, 3.8) is 0 Å². The number of nitrogens with zero attached hydrogens (tertiary/aromatic N) is 3. The molecule has 0 radical (unpaired) electrons. The van der Waals surface area contributed by atoms with E-state index in [1.807, 2.05) is 22.4 Å². The quantitative estimate of drug-likeness (QED) is 0.867. The van der Waals surface area contributed by atoms with Crippen LogP contribution in [-0.2, 0) is 11.3 Å². The molecule has 1 saturated heterocycles. The number of aromatic nitrogens is 2. The summed E-state index contributed by atoms with van der Waals surface area (Å²) in [5.74, 6) is -0.0937. The van der Waals surface area contributed by atoms with Gasteiger partial charge in [-0.3, -0.25) is 4.79 Å². The van der Waals surface area contributed by atoms with Crippen molar-refractivity contribution >= 4 is 17.2 Å². The van der Waals surface area contributed by atoms with Crippen LogP contribution < -0.4 is 5.76 Å². The summed E-state index contributed by atoms with van der Waals surface area (Å²) in [7, 11) is 0. The lowest BCUT2D eigenvalue weighted by Gasteiger charge is -2.19. The maximum Gasteiger partial charge on any atom is 0.437 e. The van der Waals surface area contributed by atoms with Crippen molar-refractivity contribution in [3.8, 4) is 10.8 Å². The van der Waals surface area contributed by atoms with Gasteiger partial charge in [0, 0.05) is 19.5 Å². The van der Waals surface area contributed by atoms with Crippen LogP contribution in [-0.4, -0.2) is 33.7 Å². The highest BCUT2D eigenvalue weighted by atomic mass is 32.1. The second kappa shape index (κ2) is 6.91. The minimum Gasteiger partial charge on any atom is -0.387 e. The monoisotopic (exact) mass is 321 g/mol. The fourth-order valence-corrected chi connectivity index (χ4v) is 3.27. The molecule has 0 aromatic carbocycles. The largest absolute Gasteiger partial charge is 0.437 e. The second-order valence-electron chi connectivity index (χ2n) is 5.42. The number of carbonyl (C=O) groups excluding carboxylic acids is 1. The van der Waals surface area contributed by atoms with Gasteiger partial charge in [0.05, 0.1) is 11.4 Å². The second-order valence-corrected chi connectivity index (χ2v) is 6.37. The zero-order chi connectivity index (χ0) is 15.4. The Kier molecular flexibility index (Phi) is 4.72. The normalized spacial score (nSPS) is 15.7. The van der Waals surface area contributed by atoms with Crippen molar-refractivity contribution in [2.24, 2.45) is 0 Å². The van der Waals surface area contributed by atoms with Gasteiger partial charge in [0.2, 0.25) is 5.91 Å². The third-order valence-corrected chi connectivity index (χ3v) is 4.69. The van der Waals surface area contributed by atoms with Crippen LogP contribution in [0.3, 0.4) is 0 Å². The average molecular weight is 321 g/mol. The SMILES string of the molecule is O=C(CCn1nc(-c2cccs2)oc1=O)N1CCCCCC1. The molecule has 0 saturated carbocycles. The summed E-state index contributed by atoms with van der Waals surface area (Å²) >= 11 is 1.46. The molecule has 6 nitrogen and oxygen atoms in total. The Labute approximate surface area is 132 Å². The summed E-state index contributed by atoms with van der Waals surface area (Å²) in [4.78, 5) is 26.7. The molecular formula is C15H19N3O3S. The van der Waals surface area contributed by atoms with Gasteiger partial charge in [-0.1, -0.05) is 18.9 Å². The molecule has 0 aliphatic carbocycles. The first kappa shape index (κ1) is 15.0. The van der Waals surface area contributed by atoms with Gasteiger partial charge in [0.1, 0.15) is 0 Å². The predicted molar refractivity (Wildman–Crippen MR) is 83.7 cm³/mol. The molecule has 22 heavy (non-hydrogen) atoms. The summed E-state index contributed by atoms with van der Waals surface area (Å²) in [6, 6.07) is 3.73. The van der Waals surface area contributed by atoms with Crippen molar-refractivity contribution < 1.29 is 9.21 Å². The van der Waals surface area contributed by atoms with Crippen molar-refractivity contribution in [1.82, 2.24) is 14.7 Å². The number of hydrogen-bond donors (Lipinski definition) is 0. The molecule has 3 rings (SSSR count). The molecule has 1 aliphatic rings. The maximum absolute atomic E-state index is 12.2. The molecule has 1 aliphatic heterocycles. The minimum atomic E-state index is -0.507. The van der Waals surface area contributed by atoms with E-state index in [0.717, 1.165) is 30.8 Å². The number of rotatable bonds is 4. The molecule has 7 heteroatoms. The molecule has 0 atom stereocenters. The molecule has 0 spiro atoms. The summed E-state index contributed by atoms with van der Waals surface area (Å²) in [6.45, 7) is 1.92. The number of aryl methyl sites for hydroxylation is 1. The van der Waals surface area contributed by atoms with Crippen LogP contribution in [0.5, 0.6) is 0 Å². The molecule has 2 aromatic rings. The van der Waals surface area contributed by atoms with E-state index < -0.39 is 5.76 Å². The highest BCUT2D eigenvalue weighted by Gasteiger charge is 2.17. The van der Waals surface area contributed by atoms with Crippen molar-refractivity contribution in [3.05, 3.63) is 28.1 Å². The number of amides is 1. The Morgan fingerprint density at radius 3 is 2.73 bits per heavy atom. The third kappa shape index (κ3) is 3.47. The lowest BCUT2D eigenvalue weighted by Crippen LogP contribution is -2.33. The summed E-state index contributed by atoms with van der Waals surface area (Å²) in [6.07, 6.45) is 4.81. The van der Waals surface area contributed by atoms with Gasteiger partial charge < -0.3 is 9.32 Å². The van der Waals surface area contributed by atoms with E-state index >= 15 is 0 Å². The Hall–Kier alpha value is -1.89. The first-order valence-electron chi connectivity index (χ1n) is 7.63. The lowest BCUT2D eigenvalue weighted by molar-refractivity contribution is -0.131. The van der Waals surface area contributed by atoms with Gasteiger partial charge in [0.25, 0.3) is 5.89 Å². The topological polar surface area (TPSA) is 68.3 Å². The standard InChI is InChI=1S/C15H19N3O3S/c19-13(17-8-3-1-2-4-9-17)7-10-18-15(20)21-14(16-18)12-6-5-11-22-12/h5-6,11H,1-4,7-10H2. The van der Waals surface area contributed by atoms with E-state index in [1.165, 1.54) is 28.9 Å².